The number of aryl methyl sites for hydroxylation is 1. The van der Waals surface area contributed by atoms with Crippen LogP contribution in [0.5, 0.6) is 0 Å². The third-order valence-electron chi connectivity index (χ3n) is 5.48. The monoisotopic (exact) mass is 329 g/mol. The van der Waals surface area contributed by atoms with Crippen molar-refractivity contribution in [2.24, 2.45) is 5.92 Å². The maximum absolute atomic E-state index is 12.0. The van der Waals surface area contributed by atoms with E-state index in [-0.39, 0.29) is 11.9 Å². The van der Waals surface area contributed by atoms with Gasteiger partial charge in [0.2, 0.25) is 5.91 Å². The molecule has 0 aromatic heterocycles. The molecule has 1 heterocycles. The van der Waals surface area contributed by atoms with Crippen LogP contribution in [-0.2, 0) is 4.79 Å². The Balaban J connectivity index is 1.37. The van der Waals surface area contributed by atoms with Crippen LogP contribution in [0.3, 0.4) is 0 Å². The third-order valence-corrected chi connectivity index (χ3v) is 5.48. The molecule has 1 aliphatic carbocycles. The predicted molar refractivity (Wildman–Crippen MR) is 99.4 cm³/mol. The van der Waals surface area contributed by atoms with Gasteiger partial charge in [-0.15, -0.1) is 0 Å². The number of piperazine rings is 1. The van der Waals surface area contributed by atoms with Crippen LogP contribution in [0.4, 0.5) is 5.69 Å². The first kappa shape index (κ1) is 17.3. The van der Waals surface area contributed by atoms with Gasteiger partial charge in [0.25, 0.3) is 0 Å². The van der Waals surface area contributed by atoms with Gasteiger partial charge < -0.3 is 10.2 Å². The minimum atomic E-state index is 0.276. The van der Waals surface area contributed by atoms with E-state index in [0.717, 1.165) is 52.0 Å². The molecule has 1 N–H and O–H groups in total. The van der Waals surface area contributed by atoms with Crippen LogP contribution < -0.4 is 10.2 Å². The van der Waals surface area contributed by atoms with E-state index in [9.17, 15) is 4.79 Å². The molecule has 1 aromatic carbocycles. The SMILES string of the molecule is Cc1cccc(N2CCN(CC[C@H](C)NC(=O)C3CCC3)CC2)c1. The van der Waals surface area contributed by atoms with E-state index in [1.54, 1.807) is 0 Å². The summed E-state index contributed by atoms with van der Waals surface area (Å²) in [7, 11) is 0. The molecule has 1 aromatic rings. The molecule has 4 heteroatoms. The third kappa shape index (κ3) is 4.50. The average Bonchev–Trinajstić information content (AvgIpc) is 2.51. The van der Waals surface area contributed by atoms with Crippen LogP contribution in [0.1, 0.15) is 38.2 Å². The molecule has 2 aliphatic rings. The Kier molecular flexibility index (Phi) is 5.77. The van der Waals surface area contributed by atoms with E-state index in [4.69, 9.17) is 0 Å². The maximum Gasteiger partial charge on any atom is 0.223 e. The fourth-order valence-electron chi connectivity index (χ4n) is 3.53. The van der Waals surface area contributed by atoms with Crippen molar-refractivity contribution in [3.05, 3.63) is 29.8 Å². The van der Waals surface area contributed by atoms with Gasteiger partial charge in [-0.2, -0.15) is 0 Å². The zero-order chi connectivity index (χ0) is 16.9. The van der Waals surface area contributed by atoms with Crippen molar-refractivity contribution in [3.8, 4) is 0 Å². The number of rotatable bonds is 6. The Morgan fingerprint density at radius 3 is 2.62 bits per heavy atom. The summed E-state index contributed by atoms with van der Waals surface area (Å²) in [4.78, 5) is 17.0. The smallest absolute Gasteiger partial charge is 0.223 e. The van der Waals surface area contributed by atoms with Gasteiger partial charge in [0.15, 0.2) is 0 Å². The molecule has 3 rings (SSSR count). The van der Waals surface area contributed by atoms with Gasteiger partial charge >= 0.3 is 0 Å². The van der Waals surface area contributed by atoms with Crippen molar-refractivity contribution in [2.45, 2.75) is 45.6 Å². The molecule has 1 saturated heterocycles. The van der Waals surface area contributed by atoms with Crippen LogP contribution in [0, 0.1) is 12.8 Å². The van der Waals surface area contributed by atoms with Crippen molar-refractivity contribution in [1.29, 1.82) is 0 Å². The van der Waals surface area contributed by atoms with Crippen LogP contribution in [0.25, 0.3) is 0 Å². The lowest BCUT2D eigenvalue weighted by Gasteiger charge is -2.36. The molecule has 1 amide bonds. The number of carbonyl (C=O) groups is 1. The molecule has 0 bridgehead atoms. The number of nitrogens with one attached hydrogen (secondary N) is 1. The molecule has 132 valence electrons. The van der Waals surface area contributed by atoms with Gasteiger partial charge in [0, 0.05) is 50.4 Å². The highest BCUT2D eigenvalue weighted by Crippen LogP contribution is 2.26. The summed E-state index contributed by atoms with van der Waals surface area (Å²) >= 11 is 0. The van der Waals surface area contributed by atoms with Crippen molar-refractivity contribution in [3.63, 3.8) is 0 Å². The summed E-state index contributed by atoms with van der Waals surface area (Å²) in [5, 5.41) is 3.19. The summed E-state index contributed by atoms with van der Waals surface area (Å²) in [5.74, 6) is 0.573. The minimum absolute atomic E-state index is 0.276. The molecule has 0 unspecified atom stereocenters. The highest BCUT2D eigenvalue weighted by molar-refractivity contribution is 5.79. The highest BCUT2D eigenvalue weighted by Gasteiger charge is 2.26. The fraction of sp³-hybridized carbons (Fsp3) is 0.650. The number of hydrogen-bond acceptors (Lipinski definition) is 3. The Morgan fingerprint density at radius 2 is 2.00 bits per heavy atom. The highest BCUT2D eigenvalue weighted by atomic mass is 16.2. The quantitative estimate of drug-likeness (QED) is 0.872. The Hall–Kier alpha value is -1.55. The van der Waals surface area contributed by atoms with Crippen molar-refractivity contribution in [1.82, 2.24) is 10.2 Å². The summed E-state index contributed by atoms with van der Waals surface area (Å²) in [5.41, 5.74) is 2.67. The molecule has 0 radical (unpaired) electrons. The van der Waals surface area contributed by atoms with Crippen LogP contribution in [0.2, 0.25) is 0 Å². The zero-order valence-electron chi connectivity index (χ0n) is 15.1. The van der Waals surface area contributed by atoms with Crippen molar-refractivity contribution in [2.75, 3.05) is 37.6 Å². The molecule has 24 heavy (non-hydrogen) atoms. The standard InChI is InChI=1S/C20H31N3O/c1-16-5-3-8-19(15-16)23-13-11-22(12-14-23)10-9-17(2)21-20(24)18-6-4-7-18/h3,5,8,15,17-18H,4,6-7,9-14H2,1-2H3,(H,21,24)/t17-/m0/s1. The van der Waals surface area contributed by atoms with Gasteiger partial charge in [-0.1, -0.05) is 18.6 Å². The summed E-state index contributed by atoms with van der Waals surface area (Å²) < 4.78 is 0. The molecule has 4 nitrogen and oxygen atoms in total. The molecule has 1 aliphatic heterocycles. The van der Waals surface area contributed by atoms with E-state index in [1.165, 1.54) is 17.7 Å². The molecule has 1 saturated carbocycles. The first-order chi connectivity index (χ1) is 11.6. The maximum atomic E-state index is 12.0. The lowest BCUT2D eigenvalue weighted by Crippen LogP contribution is -2.48. The van der Waals surface area contributed by atoms with E-state index in [2.05, 4.69) is 53.2 Å². The van der Waals surface area contributed by atoms with E-state index in [0.29, 0.717) is 5.92 Å². The van der Waals surface area contributed by atoms with Gasteiger partial charge in [0.1, 0.15) is 0 Å². The topological polar surface area (TPSA) is 35.6 Å². The molecule has 1 atom stereocenters. The molecular formula is C20H31N3O. The van der Waals surface area contributed by atoms with Crippen LogP contribution in [-0.4, -0.2) is 49.6 Å². The van der Waals surface area contributed by atoms with Gasteiger partial charge in [-0.05, 0) is 50.8 Å². The van der Waals surface area contributed by atoms with Crippen molar-refractivity contribution >= 4 is 11.6 Å². The second-order valence-corrected chi connectivity index (χ2v) is 7.49. The number of anilines is 1. The van der Waals surface area contributed by atoms with E-state index >= 15 is 0 Å². The number of nitrogens with zero attached hydrogens (tertiary/aromatic N) is 2. The largest absolute Gasteiger partial charge is 0.369 e. The lowest BCUT2D eigenvalue weighted by atomic mass is 9.84. The number of amides is 1. The average molecular weight is 329 g/mol. The molecule has 2 fully saturated rings. The summed E-state index contributed by atoms with van der Waals surface area (Å²) in [6.45, 7) is 9.76. The van der Waals surface area contributed by atoms with Crippen LogP contribution in [0.15, 0.2) is 24.3 Å². The fourth-order valence-corrected chi connectivity index (χ4v) is 3.53. The van der Waals surface area contributed by atoms with Crippen LogP contribution >= 0.6 is 0 Å². The lowest BCUT2D eigenvalue weighted by molar-refractivity contribution is -0.128. The Morgan fingerprint density at radius 1 is 1.25 bits per heavy atom. The number of carbonyl (C=O) groups excluding carboxylic acids is 1. The predicted octanol–water partition coefficient (Wildman–Crippen LogP) is 2.81. The normalized spacial score (nSPS) is 20.5. The van der Waals surface area contributed by atoms with Gasteiger partial charge in [-0.3, -0.25) is 9.69 Å². The van der Waals surface area contributed by atoms with E-state index in [1.807, 2.05) is 0 Å². The Labute approximate surface area is 146 Å². The van der Waals surface area contributed by atoms with E-state index < -0.39 is 0 Å². The molecular weight excluding hydrogens is 298 g/mol. The first-order valence-corrected chi connectivity index (χ1v) is 9.46. The second kappa shape index (κ2) is 8.02. The first-order valence-electron chi connectivity index (χ1n) is 9.46. The molecule has 0 spiro atoms. The number of benzene rings is 1. The summed E-state index contributed by atoms with van der Waals surface area (Å²) in [6.07, 6.45) is 4.43. The van der Waals surface area contributed by atoms with Gasteiger partial charge in [-0.25, -0.2) is 0 Å². The van der Waals surface area contributed by atoms with Gasteiger partial charge in [0.05, 0.1) is 0 Å². The number of hydrogen-bond donors (Lipinski definition) is 1. The second-order valence-electron chi connectivity index (χ2n) is 7.49. The Bertz CT molecular complexity index is 548. The zero-order valence-corrected chi connectivity index (χ0v) is 15.1. The van der Waals surface area contributed by atoms with Crippen molar-refractivity contribution < 1.29 is 4.79 Å². The minimum Gasteiger partial charge on any atom is -0.369 e. The summed E-state index contributed by atoms with van der Waals surface area (Å²) in [6, 6.07) is 9.06.